The molecule has 0 saturated carbocycles. The third kappa shape index (κ3) is 3.67. The van der Waals surface area contributed by atoms with Crippen LogP contribution in [0.1, 0.15) is 15.9 Å². The Hall–Kier alpha value is -2.85. The molecule has 1 aliphatic heterocycles. The van der Waals surface area contributed by atoms with Gasteiger partial charge in [-0.15, -0.1) is 5.10 Å². The number of carbonyl (C=O) groups is 1. The van der Waals surface area contributed by atoms with Crippen LogP contribution in [-0.4, -0.2) is 46.8 Å². The first-order chi connectivity index (χ1) is 13.1. The minimum Gasteiger partial charge on any atom is -0.378 e. The highest BCUT2D eigenvalue weighted by Gasteiger charge is 2.19. The van der Waals surface area contributed by atoms with E-state index in [2.05, 4.69) is 15.4 Å². The highest BCUT2D eigenvalue weighted by molar-refractivity contribution is 7.20. The third-order valence-corrected chi connectivity index (χ3v) is 5.15. The zero-order valence-electron chi connectivity index (χ0n) is 14.2. The largest absolute Gasteiger partial charge is 0.378 e. The molecule has 0 aliphatic carbocycles. The molecule has 10 heteroatoms. The number of halogens is 1. The van der Waals surface area contributed by atoms with Crippen molar-refractivity contribution in [3.05, 3.63) is 57.8 Å². The number of hydrogen-bond acceptors (Lipinski definition) is 7. The minimum atomic E-state index is -0.549. The number of morpholine rings is 1. The Morgan fingerprint density at radius 2 is 2.00 bits per heavy atom. The fraction of sp³-hybridized carbons (Fsp3) is 0.294. The molecule has 8 nitrogen and oxygen atoms in total. The molecule has 1 amide bonds. The van der Waals surface area contributed by atoms with Crippen molar-refractivity contribution in [2.45, 2.75) is 6.54 Å². The van der Waals surface area contributed by atoms with Gasteiger partial charge in [-0.2, -0.15) is 4.52 Å². The Bertz CT molecular complexity index is 1030. The summed E-state index contributed by atoms with van der Waals surface area (Å²) in [6, 6.07) is 5.76. The lowest BCUT2D eigenvalue weighted by Crippen LogP contribution is -2.36. The molecule has 0 unspecified atom stereocenters. The second-order valence-electron chi connectivity index (χ2n) is 5.96. The number of aromatic nitrogens is 3. The van der Waals surface area contributed by atoms with Crippen LogP contribution >= 0.6 is 11.3 Å². The van der Waals surface area contributed by atoms with Gasteiger partial charge >= 0.3 is 0 Å². The van der Waals surface area contributed by atoms with E-state index in [1.165, 1.54) is 29.7 Å². The van der Waals surface area contributed by atoms with Crippen LogP contribution < -0.4 is 15.8 Å². The Morgan fingerprint density at radius 3 is 2.74 bits per heavy atom. The molecular formula is C17H16FN5O3S. The van der Waals surface area contributed by atoms with Gasteiger partial charge in [0.2, 0.25) is 10.1 Å². The Labute approximate surface area is 157 Å². The summed E-state index contributed by atoms with van der Waals surface area (Å²) >= 11 is 1.29. The summed E-state index contributed by atoms with van der Waals surface area (Å²) in [5.41, 5.74) is 0.114. The minimum absolute atomic E-state index is 0.0894. The number of fused-ring (bicyclic) bond motifs is 1. The number of nitrogens with zero attached hydrogens (tertiary/aromatic N) is 4. The lowest BCUT2D eigenvalue weighted by molar-refractivity contribution is 0.0948. The summed E-state index contributed by atoms with van der Waals surface area (Å²) in [5, 5.41) is 7.63. The molecule has 1 saturated heterocycles. The van der Waals surface area contributed by atoms with E-state index in [4.69, 9.17) is 4.74 Å². The average Bonchev–Trinajstić information content (AvgIpc) is 3.14. The highest BCUT2D eigenvalue weighted by atomic mass is 32.1. The van der Waals surface area contributed by atoms with Crippen molar-refractivity contribution in [2.24, 2.45) is 0 Å². The fourth-order valence-electron chi connectivity index (χ4n) is 2.69. The van der Waals surface area contributed by atoms with Crippen molar-refractivity contribution >= 4 is 27.3 Å². The van der Waals surface area contributed by atoms with E-state index in [9.17, 15) is 14.0 Å². The summed E-state index contributed by atoms with van der Waals surface area (Å²) in [6.45, 7) is 2.78. The molecule has 1 fully saturated rings. The molecule has 4 rings (SSSR count). The monoisotopic (exact) mass is 389 g/mol. The van der Waals surface area contributed by atoms with Gasteiger partial charge in [-0.25, -0.2) is 9.37 Å². The molecule has 27 heavy (non-hydrogen) atoms. The molecular weight excluding hydrogens is 373 g/mol. The number of ether oxygens (including phenoxy) is 1. The van der Waals surface area contributed by atoms with Gasteiger partial charge in [-0.05, 0) is 17.7 Å². The van der Waals surface area contributed by atoms with Crippen molar-refractivity contribution < 1.29 is 13.9 Å². The molecule has 0 radical (unpaired) electrons. The van der Waals surface area contributed by atoms with E-state index in [1.54, 1.807) is 12.1 Å². The van der Waals surface area contributed by atoms with Crippen LogP contribution in [0.3, 0.4) is 0 Å². The first-order valence-corrected chi connectivity index (χ1v) is 9.18. The number of nitrogens with one attached hydrogen (secondary N) is 1. The number of amides is 1. The standard InChI is InChI=1S/C17H16FN5O3S/c18-12-3-1-11(2-4-12)9-19-14(24)13-10-20-16-23(15(13)25)21-17(27-16)22-5-7-26-8-6-22/h1-4,10H,5-9H2,(H,19,24). The summed E-state index contributed by atoms with van der Waals surface area (Å²) in [6.07, 6.45) is 1.26. The molecule has 2 aromatic heterocycles. The lowest BCUT2D eigenvalue weighted by atomic mass is 10.2. The molecule has 3 heterocycles. The maximum atomic E-state index is 12.9. The predicted octanol–water partition coefficient (Wildman–Crippen LogP) is 1.06. The maximum absolute atomic E-state index is 12.9. The first kappa shape index (κ1) is 17.6. The summed E-state index contributed by atoms with van der Waals surface area (Å²) in [5.74, 6) is -0.898. The average molecular weight is 389 g/mol. The van der Waals surface area contributed by atoms with E-state index in [0.717, 1.165) is 10.1 Å². The van der Waals surface area contributed by atoms with E-state index < -0.39 is 11.5 Å². The van der Waals surface area contributed by atoms with Crippen LogP contribution in [0.15, 0.2) is 35.3 Å². The molecule has 1 N–H and O–H groups in total. The van der Waals surface area contributed by atoms with Crippen molar-refractivity contribution in [2.75, 3.05) is 31.2 Å². The fourth-order valence-corrected chi connectivity index (χ4v) is 3.61. The molecule has 0 bridgehead atoms. The van der Waals surface area contributed by atoms with Crippen LogP contribution in [-0.2, 0) is 11.3 Å². The van der Waals surface area contributed by atoms with E-state index in [-0.39, 0.29) is 17.9 Å². The van der Waals surface area contributed by atoms with Gasteiger partial charge in [0, 0.05) is 25.8 Å². The molecule has 0 spiro atoms. The van der Waals surface area contributed by atoms with Crippen molar-refractivity contribution in [1.29, 1.82) is 0 Å². The van der Waals surface area contributed by atoms with Gasteiger partial charge in [-0.3, -0.25) is 9.59 Å². The Morgan fingerprint density at radius 1 is 1.26 bits per heavy atom. The number of rotatable bonds is 4. The normalized spacial score (nSPS) is 14.5. The van der Waals surface area contributed by atoms with Crippen molar-refractivity contribution in [1.82, 2.24) is 19.9 Å². The molecule has 1 aromatic carbocycles. The van der Waals surface area contributed by atoms with Crippen molar-refractivity contribution in [3.8, 4) is 0 Å². The van der Waals surface area contributed by atoms with Crippen LogP contribution in [0.5, 0.6) is 0 Å². The van der Waals surface area contributed by atoms with Crippen LogP contribution in [0, 0.1) is 5.82 Å². The van der Waals surface area contributed by atoms with Crippen molar-refractivity contribution in [3.63, 3.8) is 0 Å². The molecule has 140 valence electrons. The summed E-state index contributed by atoms with van der Waals surface area (Å²) < 4.78 is 19.4. The lowest BCUT2D eigenvalue weighted by Gasteiger charge is -2.25. The van der Waals surface area contributed by atoms with E-state index in [1.807, 2.05) is 4.90 Å². The van der Waals surface area contributed by atoms with Gasteiger partial charge in [0.15, 0.2) is 0 Å². The number of benzene rings is 1. The predicted molar refractivity (Wildman–Crippen MR) is 97.7 cm³/mol. The molecule has 1 aliphatic rings. The smallest absolute Gasteiger partial charge is 0.288 e. The number of carbonyl (C=O) groups excluding carboxylic acids is 1. The second-order valence-corrected chi connectivity index (χ2v) is 6.90. The van der Waals surface area contributed by atoms with Crippen LogP contribution in [0.2, 0.25) is 0 Å². The van der Waals surface area contributed by atoms with Gasteiger partial charge < -0.3 is 15.0 Å². The summed E-state index contributed by atoms with van der Waals surface area (Å²) in [7, 11) is 0. The number of anilines is 1. The maximum Gasteiger partial charge on any atom is 0.288 e. The zero-order chi connectivity index (χ0) is 18.8. The van der Waals surface area contributed by atoms with Crippen LogP contribution in [0.25, 0.3) is 4.96 Å². The SMILES string of the molecule is O=C(NCc1ccc(F)cc1)c1cnc2sc(N3CCOCC3)nn2c1=O. The first-order valence-electron chi connectivity index (χ1n) is 8.36. The topological polar surface area (TPSA) is 88.8 Å². The zero-order valence-corrected chi connectivity index (χ0v) is 15.0. The van der Waals surface area contributed by atoms with Gasteiger partial charge in [0.25, 0.3) is 11.5 Å². The van der Waals surface area contributed by atoms with Gasteiger partial charge in [0.1, 0.15) is 11.4 Å². The number of hydrogen-bond donors (Lipinski definition) is 1. The third-order valence-electron chi connectivity index (χ3n) is 4.17. The van der Waals surface area contributed by atoms with E-state index in [0.29, 0.717) is 36.4 Å². The van der Waals surface area contributed by atoms with Gasteiger partial charge in [-0.1, -0.05) is 23.5 Å². The molecule has 3 aromatic rings. The molecule has 0 atom stereocenters. The van der Waals surface area contributed by atoms with Crippen LogP contribution in [0.4, 0.5) is 9.52 Å². The summed E-state index contributed by atoms with van der Waals surface area (Å²) in [4.78, 5) is 31.7. The highest BCUT2D eigenvalue weighted by Crippen LogP contribution is 2.21. The quantitative estimate of drug-likeness (QED) is 0.718. The van der Waals surface area contributed by atoms with Gasteiger partial charge in [0.05, 0.1) is 13.2 Å². The van der Waals surface area contributed by atoms with E-state index >= 15 is 0 Å². The Kier molecular flexibility index (Phi) is 4.82. The Balaban J connectivity index is 1.54. The second kappa shape index (κ2) is 7.41.